The maximum Gasteiger partial charge on any atom is 0.308 e. The second-order valence-electron chi connectivity index (χ2n) is 8.99. The van der Waals surface area contributed by atoms with Gasteiger partial charge in [-0.3, -0.25) is 14.7 Å². The second-order valence-corrected chi connectivity index (χ2v) is 9.40. The van der Waals surface area contributed by atoms with Gasteiger partial charge in [0, 0.05) is 29.3 Å². The summed E-state index contributed by atoms with van der Waals surface area (Å²) in [6, 6.07) is 11.3. The lowest BCUT2D eigenvalue weighted by atomic mass is 9.81. The Hall–Kier alpha value is -3.21. The Morgan fingerprint density at radius 3 is 2.92 bits per heavy atom. The van der Waals surface area contributed by atoms with E-state index >= 15 is 4.39 Å². The molecule has 1 fully saturated rings. The average Bonchev–Trinajstić information content (AvgIpc) is 2.87. The molecule has 0 amide bonds. The van der Waals surface area contributed by atoms with Gasteiger partial charge in [-0.1, -0.05) is 29.5 Å². The number of piperidine rings is 1. The van der Waals surface area contributed by atoms with Crippen LogP contribution < -0.4 is 4.74 Å². The predicted molar refractivity (Wildman–Crippen MR) is 135 cm³/mol. The number of benzene rings is 2. The molecule has 1 aliphatic heterocycles. The van der Waals surface area contributed by atoms with Crippen molar-refractivity contribution in [2.45, 2.75) is 25.4 Å². The number of hydrogen-bond acceptors (Lipinski definition) is 4. The Balaban J connectivity index is 1.41. The Kier molecular flexibility index (Phi) is 8.40. The van der Waals surface area contributed by atoms with Gasteiger partial charge < -0.3 is 9.84 Å². The first-order chi connectivity index (χ1) is 17.4. The van der Waals surface area contributed by atoms with E-state index in [-0.39, 0.29) is 23.2 Å². The molecule has 5 nitrogen and oxygen atoms in total. The van der Waals surface area contributed by atoms with Crippen molar-refractivity contribution in [2.75, 3.05) is 26.7 Å². The number of alkyl halides is 1. The third-order valence-corrected chi connectivity index (χ3v) is 6.99. The number of aromatic nitrogens is 1. The molecule has 3 aromatic rings. The smallest absolute Gasteiger partial charge is 0.308 e. The van der Waals surface area contributed by atoms with Gasteiger partial charge in [-0.25, -0.2) is 8.78 Å². The molecule has 3 atom stereocenters. The Morgan fingerprint density at radius 2 is 2.17 bits per heavy atom. The zero-order chi connectivity index (χ0) is 25.7. The number of carbonyl (C=O) groups is 1. The van der Waals surface area contributed by atoms with E-state index in [9.17, 15) is 14.3 Å². The third-order valence-electron chi connectivity index (χ3n) is 6.69. The predicted octanol–water partition coefficient (Wildman–Crippen LogP) is 5.90. The van der Waals surface area contributed by atoms with Gasteiger partial charge >= 0.3 is 5.97 Å². The maximum atomic E-state index is 15.5. The number of carboxylic acid groups (broad SMARTS) is 1. The lowest BCUT2D eigenvalue weighted by Crippen LogP contribution is -2.44. The number of ether oxygens (including phenoxy) is 1. The lowest BCUT2D eigenvalue weighted by molar-refractivity contribution is -0.146. The number of carboxylic acids is 1. The first kappa shape index (κ1) is 25.9. The summed E-state index contributed by atoms with van der Waals surface area (Å²) in [5, 5.41) is 10.7. The zero-order valence-electron chi connectivity index (χ0n) is 19.9. The molecule has 1 N–H and O–H groups in total. The van der Waals surface area contributed by atoms with Gasteiger partial charge in [0.2, 0.25) is 0 Å². The van der Waals surface area contributed by atoms with Crippen LogP contribution in [0.4, 0.5) is 8.78 Å². The van der Waals surface area contributed by atoms with Gasteiger partial charge in [-0.05, 0) is 68.1 Å². The molecule has 8 heteroatoms. The molecular weight excluding hydrogens is 486 g/mol. The van der Waals surface area contributed by atoms with E-state index in [1.54, 1.807) is 30.3 Å². The molecule has 188 valence electrons. The van der Waals surface area contributed by atoms with Crippen LogP contribution in [0.15, 0.2) is 48.7 Å². The number of fused-ring (bicyclic) bond motifs is 1. The maximum absolute atomic E-state index is 15.5. The largest absolute Gasteiger partial charge is 0.497 e. The van der Waals surface area contributed by atoms with E-state index < -0.39 is 18.1 Å². The molecular formula is C28H27ClF2N2O3. The first-order valence-electron chi connectivity index (χ1n) is 11.8. The lowest BCUT2D eigenvalue weighted by Gasteiger charge is -2.36. The summed E-state index contributed by atoms with van der Waals surface area (Å²) in [6.07, 6.45) is 1.29. The molecule has 1 aromatic heterocycles. The molecule has 4 rings (SSSR count). The number of likely N-dealkylation sites (tertiary alicyclic amines) is 1. The summed E-state index contributed by atoms with van der Waals surface area (Å²) in [6.45, 7) is 1.39. The van der Waals surface area contributed by atoms with E-state index in [0.29, 0.717) is 60.3 Å². The van der Waals surface area contributed by atoms with Gasteiger partial charge in [0.15, 0.2) is 0 Å². The molecule has 1 saturated heterocycles. The van der Waals surface area contributed by atoms with Crippen molar-refractivity contribution < 1.29 is 23.4 Å². The zero-order valence-corrected chi connectivity index (χ0v) is 20.6. The van der Waals surface area contributed by atoms with Crippen LogP contribution in [-0.2, 0) is 4.79 Å². The van der Waals surface area contributed by atoms with Crippen molar-refractivity contribution in [3.05, 3.63) is 70.6 Å². The van der Waals surface area contributed by atoms with E-state index in [4.69, 9.17) is 16.3 Å². The van der Waals surface area contributed by atoms with Gasteiger partial charge in [0.05, 0.1) is 30.1 Å². The van der Waals surface area contributed by atoms with Crippen molar-refractivity contribution in [1.29, 1.82) is 0 Å². The number of rotatable bonds is 7. The quantitative estimate of drug-likeness (QED) is 0.399. The highest BCUT2D eigenvalue weighted by molar-refractivity contribution is 6.32. The summed E-state index contributed by atoms with van der Waals surface area (Å²) >= 11 is 6.34. The monoisotopic (exact) mass is 512 g/mol. The standard InChI is InChI=1S/C28H27ClF2N2O3/c1-36-21-8-10-26-22(15-21)27(24(29)16-32-26)25(31)9-7-19-11-13-33(17-23(19)28(34)35)12-3-5-18-4-2-6-20(30)14-18/h2,4,6,8,10,14-16,19,23,25H,7,9,11-13,17H2,1H3,(H,34,35)/t19?,23?,25-/m1/s1. The molecule has 2 unspecified atom stereocenters. The highest BCUT2D eigenvalue weighted by atomic mass is 35.5. The van der Waals surface area contributed by atoms with Gasteiger partial charge in [0.1, 0.15) is 17.7 Å². The van der Waals surface area contributed by atoms with Crippen LogP contribution in [0.3, 0.4) is 0 Å². The van der Waals surface area contributed by atoms with Crippen molar-refractivity contribution in [3.63, 3.8) is 0 Å². The fraction of sp³-hybridized carbons (Fsp3) is 0.357. The number of aliphatic carboxylic acids is 1. The van der Waals surface area contributed by atoms with Gasteiger partial charge in [-0.2, -0.15) is 0 Å². The number of hydrogen-bond donors (Lipinski definition) is 1. The third kappa shape index (κ3) is 6.13. The topological polar surface area (TPSA) is 62.7 Å². The fourth-order valence-electron chi connectivity index (χ4n) is 4.77. The van der Waals surface area contributed by atoms with Crippen molar-refractivity contribution in [2.24, 2.45) is 11.8 Å². The molecule has 1 aliphatic rings. The minimum absolute atomic E-state index is 0.157. The molecule has 0 saturated carbocycles. The first-order valence-corrected chi connectivity index (χ1v) is 12.2. The minimum atomic E-state index is -1.36. The van der Waals surface area contributed by atoms with Crippen LogP contribution in [0.5, 0.6) is 5.75 Å². The molecule has 2 aromatic carbocycles. The van der Waals surface area contributed by atoms with Crippen LogP contribution in [-0.4, -0.2) is 47.7 Å². The molecule has 0 aliphatic carbocycles. The number of methoxy groups -OCH3 is 1. The summed E-state index contributed by atoms with van der Waals surface area (Å²) in [7, 11) is 1.54. The Morgan fingerprint density at radius 1 is 1.33 bits per heavy atom. The molecule has 0 spiro atoms. The van der Waals surface area contributed by atoms with Crippen molar-refractivity contribution in [3.8, 4) is 17.6 Å². The van der Waals surface area contributed by atoms with Crippen molar-refractivity contribution in [1.82, 2.24) is 9.88 Å². The molecule has 0 bridgehead atoms. The minimum Gasteiger partial charge on any atom is -0.497 e. The number of halogens is 3. The van der Waals surface area contributed by atoms with Crippen LogP contribution in [0, 0.1) is 29.5 Å². The van der Waals surface area contributed by atoms with Crippen LogP contribution >= 0.6 is 11.6 Å². The fourth-order valence-corrected chi connectivity index (χ4v) is 5.04. The van der Waals surface area contributed by atoms with Crippen LogP contribution in [0.1, 0.15) is 36.6 Å². The summed E-state index contributed by atoms with van der Waals surface area (Å²) in [4.78, 5) is 18.3. The van der Waals surface area contributed by atoms with Gasteiger partial charge in [-0.15, -0.1) is 0 Å². The summed E-state index contributed by atoms with van der Waals surface area (Å²) in [5.41, 5.74) is 1.56. The Labute approximate surface area is 214 Å². The SMILES string of the molecule is COc1ccc2ncc(Cl)c([C@H](F)CCC3CCN(CC#Cc4cccc(F)c4)CC3C(=O)O)c2c1. The van der Waals surface area contributed by atoms with Crippen LogP contribution in [0.25, 0.3) is 10.9 Å². The van der Waals surface area contributed by atoms with Gasteiger partial charge in [0.25, 0.3) is 0 Å². The molecule has 2 heterocycles. The molecule has 0 radical (unpaired) electrons. The number of nitrogens with zero attached hydrogens (tertiary/aromatic N) is 2. The highest BCUT2D eigenvalue weighted by Crippen LogP contribution is 2.38. The average molecular weight is 513 g/mol. The van der Waals surface area contributed by atoms with E-state index in [1.165, 1.54) is 25.4 Å². The summed E-state index contributed by atoms with van der Waals surface area (Å²) in [5.74, 6) is 4.49. The van der Waals surface area contributed by atoms with Crippen molar-refractivity contribution >= 4 is 28.5 Å². The number of pyridine rings is 1. The Bertz CT molecular complexity index is 1310. The normalized spacial score (nSPS) is 18.9. The van der Waals surface area contributed by atoms with E-state index in [1.807, 2.05) is 4.90 Å². The highest BCUT2D eigenvalue weighted by Gasteiger charge is 2.34. The van der Waals surface area contributed by atoms with E-state index in [2.05, 4.69) is 16.8 Å². The van der Waals surface area contributed by atoms with E-state index in [0.717, 1.165) is 0 Å². The van der Waals surface area contributed by atoms with Crippen LogP contribution in [0.2, 0.25) is 5.02 Å². The summed E-state index contributed by atoms with van der Waals surface area (Å²) < 4.78 is 34.1. The molecule has 36 heavy (non-hydrogen) atoms. The second kappa shape index (κ2) is 11.7.